The Bertz CT molecular complexity index is 460. The van der Waals surface area contributed by atoms with Gasteiger partial charge in [0.15, 0.2) is 0 Å². The molecule has 2 fully saturated rings. The van der Waals surface area contributed by atoms with Crippen molar-refractivity contribution in [2.45, 2.75) is 24.6 Å². The molecule has 0 aliphatic carbocycles. The van der Waals surface area contributed by atoms with Crippen molar-refractivity contribution in [3.8, 4) is 0 Å². The Labute approximate surface area is 97.6 Å². The average Bonchev–Trinajstić information content (AvgIpc) is 2.27. The Hall–Kier alpha value is -1.43. The van der Waals surface area contributed by atoms with E-state index in [-0.39, 0.29) is 17.8 Å². The van der Waals surface area contributed by atoms with Gasteiger partial charge in [0.1, 0.15) is 11.8 Å². The molecule has 2 aliphatic rings. The van der Waals surface area contributed by atoms with Crippen LogP contribution in [-0.4, -0.2) is 41.7 Å². The van der Waals surface area contributed by atoms with Gasteiger partial charge < -0.3 is 9.64 Å². The minimum absolute atomic E-state index is 0.196. The highest BCUT2D eigenvalue weighted by atomic mass is 19.1. The third-order valence-electron chi connectivity index (χ3n) is 3.46. The van der Waals surface area contributed by atoms with Crippen LogP contribution in [0.2, 0.25) is 0 Å². The van der Waals surface area contributed by atoms with Gasteiger partial charge in [-0.3, -0.25) is 4.79 Å². The summed E-state index contributed by atoms with van der Waals surface area (Å²) in [7, 11) is 0. The van der Waals surface area contributed by atoms with Crippen LogP contribution in [0.1, 0.15) is 12.8 Å². The van der Waals surface area contributed by atoms with Crippen molar-refractivity contribution in [3.05, 3.63) is 22.6 Å². The summed E-state index contributed by atoms with van der Waals surface area (Å²) in [5.41, 5.74) is 0.382. The van der Waals surface area contributed by atoms with E-state index < -0.39 is 6.17 Å². The number of hydrogen-bond donors (Lipinski definition) is 1. The van der Waals surface area contributed by atoms with E-state index in [1.54, 1.807) is 6.20 Å². The summed E-state index contributed by atoms with van der Waals surface area (Å²) in [6.45, 7) is 1.62. The van der Waals surface area contributed by atoms with Crippen molar-refractivity contribution in [3.63, 3.8) is 0 Å². The van der Waals surface area contributed by atoms with Crippen molar-refractivity contribution < 1.29 is 9.13 Å². The molecule has 0 saturated carbocycles. The van der Waals surface area contributed by atoms with Crippen molar-refractivity contribution >= 4 is 5.69 Å². The van der Waals surface area contributed by atoms with Crippen molar-refractivity contribution in [2.75, 3.05) is 24.6 Å². The molecule has 6 heteroatoms. The van der Waals surface area contributed by atoms with Crippen molar-refractivity contribution in [1.29, 1.82) is 0 Å². The van der Waals surface area contributed by atoms with Gasteiger partial charge in [0.25, 0.3) is 5.56 Å². The minimum atomic E-state index is -0.823. The fourth-order valence-electron chi connectivity index (χ4n) is 2.46. The summed E-state index contributed by atoms with van der Waals surface area (Å²) in [6, 6.07) is 1.51. The van der Waals surface area contributed by atoms with Gasteiger partial charge >= 0.3 is 0 Å². The molecule has 0 amide bonds. The van der Waals surface area contributed by atoms with Gasteiger partial charge in [-0.25, -0.2) is 9.49 Å². The summed E-state index contributed by atoms with van der Waals surface area (Å²) in [6.07, 6.45) is 2.12. The largest absolute Gasteiger partial charge is 0.368 e. The number of aromatic nitrogens is 2. The quantitative estimate of drug-likeness (QED) is 0.774. The zero-order chi connectivity index (χ0) is 11.9. The number of nitrogens with zero attached hydrogens (tertiary/aromatic N) is 2. The summed E-state index contributed by atoms with van der Waals surface area (Å²) in [4.78, 5) is 13.1. The molecule has 3 rings (SSSR count). The maximum Gasteiger partial charge on any atom is 0.266 e. The molecule has 1 atom stereocenters. The molecular formula is C11H14FN3O2. The lowest BCUT2D eigenvalue weighted by Gasteiger charge is -2.52. The van der Waals surface area contributed by atoms with Gasteiger partial charge in [-0.2, -0.15) is 5.10 Å². The molecule has 0 bridgehead atoms. The Morgan fingerprint density at radius 3 is 3.06 bits per heavy atom. The molecule has 5 nitrogen and oxygen atoms in total. The van der Waals surface area contributed by atoms with Gasteiger partial charge in [-0.15, -0.1) is 0 Å². The normalized spacial score (nSPS) is 26.9. The number of alkyl halides is 1. The Kier molecular flexibility index (Phi) is 2.39. The molecule has 2 aliphatic heterocycles. The smallest absolute Gasteiger partial charge is 0.266 e. The first-order valence-electron chi connectivity index (χ1n) is 5.75. The summed E-state index contributed by atoms with van der Waals surface area (Å²) >= 11 is 0. The molecule has 3 heterocycles. The Morgan fingerprint density at radius 2 is 2.41 bits per heavy atom. The first-order chi connectivity index (χ1) is 8.17. The zero-order valence-corrected chi connectivity index (χ0v) is 9.36. The number of hydrogen-bond acceptors (Lipinski definition) is 4. The number of anilines is 1. The maximum atomic E-state index is 13.0. The van der Waals surface area contributed by atoms with E-state index in [1.165, 1.54) is 6.07 Å². The molecule has 0 unspecified atom stereocenters. The summed E-state index contributed by atoms with van der Waals surface area (Å²) in [5, 5.41) is 6.09. The highest BCUT2D eigenvalue weighted by Crippen LogP contribution is 2.36. The second-order valence-electron chi connectivity index (χ2n) is 4.79. The number of H-pyrrole nitrogens is 1. The number of ether oxygens (including phenoxy) is 1. The van der Waals surface area contributed by atoms with E-state index in [0.29, 0.717) is 19.5 Å². The standard InChI is InChI=1S/C11H14FN3O2/c12-8-1-2-11(17-5-8)6-15(7-11)9-3-10(16)14-13-4-9/h3-4,8H,1-2,5-7H2,(H,14,16)/t8-/m0/s1. The molecule has 1 spiro atoms. The molecule has 0 aromatic carbocycles. The lowest BCUT2D eigenvalue weighted by atomic mass is 9.85. The SMILES string of the molecule is O=c1cc(N2CC3(CC[C@H](F)CO3)C2)cn[nH]1. The van der Waals surface area contributed by atoms with E-state index in [4.69, 9.17) is 4.74 Å². The second kappa shape index (κ2) is 3.80. The molecule has 2 saturated heterocycles. The third-order valence-corrected chi connectivity index (χ3v) is 3.46. The van der Waals surface area contributed by atoms with Crippen molar-refractivity contribution in [2.24, 2.45) is 0 Å². The van der Waals surface area contributed by atoms with Gasteiger partial charge in [-0.1, -0.05) is 0 Å². The minimum Gasteiger partial charge on any atom is -0.368 e. The van der Waals surface area contributed by atoms with E-state index in [2.05, 4.69) is 10.2 Å². The van der Waals surface area contributed by atoms with Crippen molar-refractivity contribution in [1.82, 2.24) is 10.2 Å². The van der Waals surface area contributed by atoms with Gasteiger partial charge in [0.2, 0.25) is 0 Å². The van der Waals surface area contributed by atoms with Crippen LogP contribution in [0.5, 0.6) is 0 Å². The monoisotopic (exact) mass is 239 g/mol. The van der Waals surface area contributed by atoms with E-state index in [1.807, 2.05) is 4.90 Å². The van der Waals surface area contributed by atoms with Crippen LogP contribution >= 0.6 is 0 Å². The molecule has 92 valence electrons. The third kappa shape index (κ3) is 1.93. The molecular weight excluding hydrogens is 225 g/mol. The van der Waals surface area contributed by atoms with E-state index in [9.17, 15) is 9.18 Å². The molecule has 1 aromatic heterocycles. The molecule has 1 aromatic rings. The second-order valence-corrected chi connectivity index (χ2v) is 4.79. The highest BCUT2D eigenvalue weighted by Gasteiger charge is 2.46. The average molecular weight is 239 g/mol. The van der Waals surface area contributed by atoms with Crippen LogP contribution < -0.4 is 10.5 Å². The maximum absolute atomic E-state index is 13.0. The summed E-state index contributed by atoms with van der Waals surface area (Å²) in [5.74, 6) is 0. The Morgan fingerprint density at radius 1 is 1.59 bits per heavy atom. The fourth-order valence-corrected chi connectivity index (χ4v) is 2.46. The number of halogens is 1. The summed E-state index contributed by atoms with van der Waals surface area (Å²) < 4.78 is 18.5. The zero-order valence-electron chi connectivity index (χ0n) is 9.36. The number of aromatic amines is 1. The lowest BCUT2D eigenvalue weighted by Crippen LogP contribution is -2.65. The highest BCUT2D eigenvalue weighted by molar-refractivity contribution is 5.47. The number of rotatable bonds is 1. The van der Waals surface area contributed by atoms with Gasteiger partial charge in [0, 0.05) is 19.2 Å². The van der Waals surface area contributed by atoms with E-state index in [0.717, 1.165) is 12.1 Å². The van der Waals surface area contributed by atoms with Gasteiger partial charge in [0.05, 0.1) is 18.5 Å². The molecule has 0 radical (unpaired) electrons. The Balaban J connectivity index is 1.66. The van der Waals surface area contributed by atoms with Gasteiger partial charge in [-0.05, 0) is 12.8 Å². The first-order valence-corrected chi connectivity index (χ1v) is 5.75. The van der Waals surface area contributed by atoms with E-state index >= 15 is 0 Å². The molecule has 17 heavy (non-hydrogen) atoms. The van der Waals surface area contributed by atoms with Crippen LogP contribution in [0.4, 0.5) is 10.1 Å². The topological polar surface area (TPSA) is 58.2 Å². The lowest BCUT2D eigenvalue weighted by molar-refractivity contribution is -0.120. The van der Waals surface area contributed by atoms with Crippen LogP contribution in [-0.2, 0) is 4.74 Å². The van der Waals surface area contributed by atoms with Crippen LogP contribution in [0.25, 0.3) is 0 Å². The fraction of sp³-hybridized carbons (Fsp3) is 0.636. The number of nitrogens with one attached hydrogen (secondary N) is 1. The van der Waals surface area contributed by atoms with Crippen LogP contribution in [0, 0.1) is 0 Å². The predicted octanol–water partition coefficient (Wildman–Crippen LogP) is 0.477. The predicted molar refractivity (Wildman–Crippen MR) is 59.9 cm³/mol. The van der Waals surface area contributed by atoms with Crippen LogP contribution in [0.3, 0.4) is 0 Å². The van der Waals surface area contributed by atoms with Crippen LogP contribution in [0.15, 0.2) is 17.1 Å². The molecule has 1 N–H and O–H groups in total. The first kappa shape index (κ1) is 10.7.